The molecule has 1 aromatic heterocycles. The maximum Gasteiger partial charge on any atom is 0.191 e. The second kappa shape index (κ2) is 6.85. The van der Waals surface area contributed by atoms with Crippen LogP contribution in [0.5, 0.6) is 5.75 Å². The molecule has 5 heteroatoms. The minimum atomic E-state index is -0.199. The number of benzene rings is 1. The summed E-state index contributed by atoms with van der Waals surface area (Å²) in [7, 11) is 1.81. The zero-order valence-electron chi connectivity index (χ0n) is 14.7. The smallest absolute Gasteiger partial charge is 0.191 e. The summed E-state index contributed by atoms with van der Waals surface area (Å²) in [5.74, 6) is 1.77. The molecule has 2 aromatic rings. The first kappa shape index (κ1) is 16.8. The highest BCUT2D eigenvalue weighted by Crippen LogP contribution is 2.39. The molecule has 2 heterocycles. The molecule has 4 nitrogen and oxygen atoms in total. The topological polar surface area (TPSA) is 45.7 Å². The van der Waals surface area contributed by atoms with Crippen LogP contribution in [-0.2, 0) is 6.54 Å². The highest BCUT2D eigenvalue weighted by Gasteiger charge is 2.33. The van der Waals surface area contributed by atoms with Crippen molar-refractivity contribution in [2.24, 2.45) is 4.99 Å². The Morgan fingerprint density at radius 1 is 1.33 bits per heavy atom. The molecular weight excluding hydrogens is 318 g/mol. The van der Waals surface area contributed by atoms with Gasteiger partial charge >= 0.3 is 0 Å². The summed E-state index contributed by atoms with van der Waals surface area (Å²) < 4.78 is 6.10. The maximum atomic E-state index is 6.10. The molecule has 0 bridgehead atoms. The third-order valence-corrected chi connectivity index (χ3v) is 5.32. The first-order valence-electron chi connectivity index (χ1n) is 8.26. The lowest BCUT2D eigenvalue weighted by Gasteiger charge is -2.38. The number of aliphatic imine (C=N–C) groups is 1. The number of thiophene rings is 1. The molecule has 1 aliphatic heterocycles. The fourth-order valence-electron chi connectivity index (χ4n) is 3.04. The Balaban J connectivity index is 1.72. The number of aryl methyl sites for hydroxylation is 1. The van der Waals surface area contributed by atoms with E-state index in [1.165, 1.54) is 16.0 Å². The summed E-state index contributed by atoms with van der Waals surface area (Å²) in [5, 5.41) is 9.11. The van der Waals surface area contributed by atoms with E-state index in [4.69, 9.17) is 4.74 Å². The molecule has 0 aliphatic carbocycles. The fourth-order valence-corrected chi connectivity index (χ4v) is 3.89. The van der Waals surface area contributed by atoms with Crippen molar-refractivity contribution in [3.8, 4) is 5.75 Å². The van der Waals surface area contributed by atoms with Crippen LogP contribution in [-0.4, -0.2) is 18.6 Å². The minimum absolute atomic E-state index is 0.181. The zero-order valence-corrected chi connectivity index (χ0v) is 15.5. The third-order valence-electron chi connectivity index (χ3n) is 4.30. The van der Waals surface area contributed by atoms with Crippen molar-refractivity contribution < 1.29 is 4.74 Å². The van der Waals surface area contributed by atoms with Crippen LogP contribution in [0.15, 0.2) is 40.7 Å². The van der Waals surface area contributed by atoms with Crippen molar-refractivity contribution in [2.75, 3.05) is 7.05 Å². The molecule has 0 fully saturated rings. The van der Waals surface area contributed by atoms with Gasteiger partial charge in [0.1, 0.15) is 11.4 Å². The highest BCUT2D eigenvalue weighted by molar-refractivity contribution is 7.10. The van der Waals surface area contributed by atoms with E-state index in [1.807, 2.05) is 19.2 Å². The van der Waals surface area contributed by atoms with Gasteiger partial charge in [-0.3, -0.25) is 4.99 Å². The van der Waals surface area contributed by atoms with Crippen LogP contribution < -0.4 is 15.4 Å². The summed E-state index contributed by atoms with van der Waals surface area (Å²) in [4.78, 5) is 5.73. The van der Waals surface area contributed by atoms with Crippen molar-refractivity contribution in [1.82, 2.24) is 10.6 Å². The monoisotopic (exact) mass is 343 g/mol. The van der Waals surface area contributed by atoms with Crippen molar-refractivity contribution >= 4 is 17.3 Å². The van der Waals surface area contributed by atoms with Gasteiger partial charge in [0.05, 0.1) is 12.6 Å². The maximum absolute atomic E-state index is 6.10. The lowest BCUT2D eigenvalue weighted by Crippen LogP contribution is -2.45. The van der Waals surface area contributed by atoms with Crippen LogP contribution >= 0.6 is 11.3 Å². The normalized spacial score (nSPS) is 19.3. The Hall–Kier alpha value is -2.01. The number of fused-ring (bicyclic) bond motifs is 1. The Bertz CT molecular complexity index is 736. The minimum Gasteiger partial charge on any atom is -0.487 e. The molecule has 1 aromatic carbocycles. The van der Waals surface area contributed by atoms with E-state index in [-0.39, 0.29) is 11.6 Å². The summed E-state index contributed by atoms with van der Waals surface area (Å²) >= 11 is 1.77. The van der Waals surface area contributed by atoms with Gasteiger partial charge in [-0.15, -0.1) is 11.3 Å². The van der Waals surface area contributed by atoms with Crippen LogP contribution in [0.1, 0.15) is 42.3 Å². The second-order valence-corrected chi connectivity index (χ2v) is 7.75. The lowest BCUT2D eigenvalue weighted by molar-refractivity contribution is 0.0694. The Labute approximate surface area is 148 Å². The number of hydrogen-bond donors (Lipinski definition) is 2. The molecule has 0 saturated heterocycles. The first-order chi connectivity index (χ1) is 11.5. The number of guanidine groups is 1. The average Bonchev–Trinajstić information content (AvgIpc) is 2.95. The van der Waals surface area contributed by atoms with Gasteiger partial charge in [0.2, 0.25) is 0 Å². The highest BCUT2D eigenvalue weighted by atomic mass is 32.1. The standard InChI is InChI=1S/C19H25N3OS/c1-13-9-10-24-17(13)12-21-18(20-4)22-15-11-19(2,3)23-16-8-6-5-7-14(15)16/h5-10,15H,11-12H2,1-4H3,(H2,20,21,22). The SMILES string of the molecule is CN=C(NCc1sccc1C)NC1CC(C)(C)Oc2ccccc21. The summed E-state index contributed by atoms with van der Waals surface area (Å²) in [6.07, 6.45) is 0.892. The molecule has 0 spiro atoms. The van der Waals surface area contributed by atoms with E-state index in [0.717, 1.165) is 24.7 Å². The van der Waals surface area contributed by atoms with Crippen molar-refractivity contribution in [3.63, 3.8) is 0 Å². The lowest BCUT2D eigenvalue weighted by atomic mass is 9.90. The fraction of sp³-hybridized carbons (Fsp3) is 0.421. The largest absolute Gasteiger partial charge is 0.487 e. The number of nitrogens with one attached hydrogen (secondary N) is 2. The van der Waals surface area contributed by atoms with E-state index < -0.39 is 0 Å². The van der Waals surface area contributed by atoms with Gasteiger partial charge in [-0.2, -0.15) is 0 Å². The van der Waals surface area contributed by atoms with Crippen LogP contribution in [0.4, 0.5) is 0 Å². The molecule has 1 unspecified atom stereocenters. The number of ether oxygens (including phenoxy) is 1. The quantitative estimate of drug-likeness (QED) is 0.653. The van der Waals surface area contributed by atoms with E-state index in [1.54, 1.807) is 11.3 Å². The summed E-state index contributed by atoms with van der Waals surface area (Å²) in [6, 6.07) is 10.6. The third kappa shape index (κ3) is 3.73. The van der Waals surface area contributed by atoms with Gasteiger partial charge in [-0.1, -0.05) is 18.2 Å². The van der Waals surface area contributed by atoms with Gasteiger partial charge in [-0.05, 0) is 43.8 Å². The number of para-hydroxylation sites is 1. The molecule has 0 radical (unpaired) electrons. The van der Waals surface area contributed by atoms with E-state index in [0.29, 0.717) is 0 Å². The van der Waals surface area contributed by atoms with Crippen LogP contribution in [0, 0.1) is 6.92 Å². The number of nitrogens with zero attached hydrogens (tertiary/aromatic N) is 1. The summed E-state index contributed by atoms with van der Waals surface area (Å²) in [6.45, 7) is 7.18. The van der Waals surface area contributed by atoms with Crippen LogP contribution in [0.2, 0.25) is 0 Å². The first-order valence-corrected chi connectivity index (χ1v) is 9.14. The van der Waals surface area contributed by atoms with E-state index in [2.05, 4.69) is 60.0 Å². The zero-order chi connectivity index (χ0) is 17.2. The van der Waals surface area contributed by atoms with E-state index >= 15 is 0 Å². The molecule has 0 amide bonds. The Kier molecular flexibility index (Phi) is 4.81. The molecule has 2 N–H and O–H groups in total. The van der Waals surface area contributed by atoms with Gasteiger partial charge in [0, 0.05) is 23.9 Å². The van der Waals surface area contributed by atoms with Gasteiger partial charge in [0.15, 0.2) is 5.96 Å². The van der Waals surface area contributed by atoms with E-state index in [9.17, 15) is 0 Å². The molecule has 128 valence electrons. The molecule has 24 heavy (non-hydrogen) atoms. The Morgan fingerprint density at radius 2 is 2.12 bits per heavy atom. The predicted molar refractivity (Wildman–Crippen MR) is 101 cm³/mol. The number of hydrogen-bond acceptors (Lipinski definition) is 3. The van der Waals surface area contributed by atoms with Gasteiger partial charge in [0.25, 0.3) is 0 Å². The summed E-state index contributed by atoms with van der Waals surface area (Å²) in [5.41, 5.74) is 2.31. The van der Waals surface area contributed by atoms with Crippen molar-refractivity contribution in [2.45, 2.75) is 45.4 Å². The predicted octanol–water partition coefficient (Wildman–Crippen LogP) is 4.02. The molecule has 3 rings (SSSR count). The van der Waals surface area contributed by atoms with Crippen LogP contribution in [0.3, 0.4) is 0 Å². The Morgan fingerprint density at radius 3 is 2.83 bits per heavy atom. The molecule has 0 saturated carbocycles. The molecular formula is C19H25N3OS. The van der Waals surface area contributed by atoms with Crippen molar-refractivity contribution in [1.29, 1.82) is 0 Å². The van der Waals surface area contributed by atoms with Crippen molar-refractivity contribution in [3.05, 3.63) is 51.7 Å². The average molecular weight is 343 g/mol. The second-order valence-electron chi connectivity index (χ2n) is 6.75. The molecule has 1 aliphatic rings. The van der Waals surface area contributed by atoms with Gasteiger partial charge < -0.3 is 15.4 Å². The number of rotatable bonds is 3. The van der Waals surface area contributed by atoms with Crippen LogP contribution in [0.25, 0.3) is 0 Å². The van der Waals surface area contributed by atoms with Gasteiger partial charge in [-0.25, -0.2) is 0 Å². The molecule has 1 atom stereocenters.